The fourth-order valence-corrected chi connectivity index (χ4v) is 2.80. The first-order chi connectivity index (χ1) is 10.1. The Morgan fingerprint density at radius 1 is 1.43 bits per heavy atom. The minimum atomic E-state index is -0.147. The summed E-state index contributed by atoms with van der Waals surface area (Å²) in [4.78, 5) is 14.3. The number of likely N-dealkylation sites (tertiary alicyclic amines) is 1. The van der Waals surface area contributed by atoms with E-state index in [-0.39, 0.29) is 12.1 Å². The molecule has 1 saturated heterocycles. The van der Waals surface area contributed by atoms with E-state index in [1.54, 1.807) is 0 Å². The van der Waals surface area contributed by atoms with Crippen LogP contribution >= 0.6 is 0 Å². The molecule has 0 aromatic heterocycles. The summed E-state index contributed by atoms with van der Waals surface area (Å²) in [5.74, 6) is 0. The highest BCUT2D eigenvalue weighted by Gasteiger charge is 2.22. The molecule has 0 radical (unpaired) electrons. The predicted molar refractivity (Wildman–Crippen MR) is 86.3 cm³/mol. The van der Waals surface area contributed by atoms with Crippen LogP contribution in [0.4, 0.5) is 10.5 Å². The normalized spacial score (nSPS) is 20.2. The van der Waals surface area contributed by atoms with Crippen LogP contribution in [0.3, 0.4) is 0 Å². The van der Waals surface area contributed by atoms with Crippen LogP contribution in [0.1, 0.15) is 38.3 Å². The van der Waals surface area contributed by atoms with E-state index in [9.17, 15) is 4.79 Å². The number of carbonyl (C=O) groups excluding carboxylic acids is 1. The SMILES string of the molecule is CCN1CCCC1CNC(=O)Nc1ccc(C(C)N)cc1. The molecule has 4 N–H and O–H groups in total. The van der Waals surface area contributed by atoms with Crippen LogP contribution in [-0.2, 0) is 0 Å². The van der Waals surface area contributed by atoms with Crippen LogP contribution in [0.5, 0.6) is 0 Å². The van der Waals surface area contributed by atoms with E-state index >= 15 is 0 Å². The summed E-state index contributed by atoms with van der Waals surface area (Å²) in [6.07, 6.45) is 2.39. The Morgan fingerprint density at radius 3 is 2.76 bits per heavy atom. The minimum Gasteiger partial charge on any atom is -0.336 e. The molecular weight excluding hydrogens is 264 g/mol. The summed E-state index contributed by atoms with van der Waals surface area (Å²) >= 11 is 0. The Hall–Kier alpha value is -1.59. The monoisotopic (exact) mass is 290 g/mol. The van der Waals surface area contributed by atoms with Gasteiger partial charge in [-0.1, -0.05) is 19.1 Å². The van der Waals surface area contributed by atoms with Crippen molar-refractivity contribution in [3.05, 3.63) is 29.8 Å². The van der Waals surface area contributed by atoms with Crippen LogP contribution in [-0.4, -0.2) is 36.6 Å². The van der Waals surface area contributed by atoms with Gasteiger partial charge in [0.25, 0.3) is 0 Å². The molecule has 5 nitrogen and oxygen atoms in total. The highest BCUT2D eigenvalue weighted by molar-refractivity contribution is 5.89. The Labute approximate surface area is 126 Å². The van der Waals surface area contributed by atoms with Gasteiger partial charge in [-0.25, -0.2) is 4.79 Å². The molecule has 2 amide bonds. The fourth-order valence-electron chi connectivity index (χ4n) is 2.80. The Morgan fingerprint density at radius 2 is 2.14 bits per heavy atom. The number of urea groups is 1. The van der Waals surface area contributed by atoms with Crippen LogP contribution in [0.2, 0.25) is 0 Å². The maximum atomic E-state index is 11.9. The topological polar surface area (TPSA) is 70.4 Å². The molecule has 1 aromatic rings. The van der Waals surface area contributed by atoms with Gasteiger partial charge in [0, 0.05) is 24.3 Å². The molecule has 1 aromatic carbocycles. The number of benzene rings is 1. The third-order valence-electron chi connectivity index (χ3n) is 4.10. The molecule has 2 atom stereocenters. The van der Waals surface area contributed by atoms with Gasteiger partial charge in [0.05, 0.1) is 0 Å². The lowest BCUT2D eigenvalue weighted by molar-refractivity contribution is 0.238. The number of carbonyl (C=O) groups is 1. The van der Waals surface area contributed by atoms with Crippen molar-refractivity contribution in [3.63, 3.8) is 0 Å². The number of nitrogens with zero attached hydrogens (tertiary/aromatic N) is 1. The summed E-state index contributed by atoms with van der Waals surface area (Å²) in [6, 6.07) is 7.98. The van der Waals surface area contributed by atoms with Gasteiger partial charge >= 0.3 is 6.03 Å². The van der Waals surface area contributed by atoms with E-state index in [2.05, 4.69) is 22.5 Å². The van der Waals surface area contributed by atoms with Crippen molar-refractivity contribution >= 4 is 11.7 Å². The molecule has 0 saturated carbocycles. The first-order valence-electron chi connectivity index (χ1n) is 7.74. The van der Waals surface area contributed by atoms with E-state index in [0.717, 1.165) is 30.8 Å². The number of hydrogen-bond acceptors (Lipinski definition) is 3. The van der Waals surface area contributed by atoms with Gasteiger partial charge in [0.1, 0.15) is 0 Å². The third-order valence-corrected chi connectivity index (χ3v) is 4.10. The zero-order valence-electron chi connectivity index (χ0n) is 12.9. The van der Waals surface area contributed by atoms with Crippen molar-refractivity contribution in [2.24, 2.45) is 5.73 Å². The second kappa shape index (κ2) is 7.43. The van der Waals surface area contributed by atoms with Crippen molar-refractivity contribution in [2.45, 2.75) is 38.8 Å². The molecule has 1 fully saturated rings. The summed E-state index contributed by atoms with van der Waals surface area (Å²) in [5.41, 5.74) is 7.65. The highest BCUT2D eigenvalue weighted by atomic mass is 16.2. The number of likely N-dealkylation sites (N-methyl/N-ethyl adjacent to an activating group) is 1. The molecule has 2 rings (SSSR count). The number of anilines is 1. The van der Waals surface area contributed by atoms with E-state index in [1.165, 1.54) is 6.42 Å². The maximum Gasteiger partial charge on any atom is 0.319 e. The first-order valence-corrected chi connectivity index (χ1v) is 7.74. The van der Waals surface area contributed by atoms with Crippen molar-refractivity contribution in [1.82, 2.24) is 10.2 Å². The molecule has 0 aliphatic carbocycles. The Kier molecular flexibility index (Phi) is 5.59. The van der Waals surface area contributed by atoms with E-state index in [1.807, 2.05) is 31.2 Å². The van der Waals surface area contributed by atoms with Crippen LogP contribution < -0.4 is 16.4 Å². The van der Waals surface area contributed by atoms with E-state index in [4.69, 9.17) is 5.73 Å². The Balaban J connectivity index is 1.79. The molecule has 21 heavy (non-hydrogen) atoms. The fraction of sp³-hybridized carbons (Fsp3) is 0.562. The molecule has 1 aliphatic rings. The number of nitrogens with one attached hydrogen (secondary N) is 2. The average Bonchev–Trinajstić information content (AvgIpc) is 2.93. The van der Waals surface area contributed by atoms with Crippen LogP contribution in [0.15, 0.2) is 24.3 Å². The third kappa shape index (κ3) is 4.44. The molecular formula is C16H26N4O. The van der Waals surface area contributed by atoms with Gasteiger partial charge in [-0.05, 0) is 50.6 Å². The van der Waals surface area contributed by atoms with E-state index in [0.29, 0.717) is 12.6 Å². The molecule has 0 spiro atoms. The minimum absolute atomic E-state index is 0.00951. The second-order valence-corrected chi connectivity index (χ2v) is 5.67. The standard InChI is InChI=1S/C16H26N4O/c1-3-20-10-4-5-15(20)11-18-16(21)19-14-8-6-13(7-9-14)12(2)17/h6-9,12,15H,3-5,10-11,17H2,1-2H3,(H2,18,19,21). The number of amides is 2. The lowest BCUT2D eigenvalue weighted by Gasteiger charge is -2.22. The van der Waals surface area contributed by atoms with Gasteiger partial charge in [-0.15, -0.1) is 0 Å². The quantitative estimate of drug-likeness (QED) is 0.779. The lowest BCUT2D eigenvalue weighted by Crippen LogP contribution is -2.41. The zero-order valence-corrected chi connectivity index (χ0v) is 12.9. The molecule has 2 unspecified atom stereocenters. The van der Waals surface area contributed by atoms with Crippen LogP contribution in [0, 0.1) is 0 Å². The van der Waals surface area contributed by atoms with Crippen molar-refractivity contribution in [3.8, 4) is 0 Å². The van der Waals surface area contributed by atoms with Gasteiger partial charge < -0.3 is 16.4 Å². The average molecular weight is 290 g/mol. The van der Waals surface area contributed by atoms with Gasteiger partial charge in [-0.3, -0.25) is 4.90 Å². The summed E-state index contributed by atoms with van der Waals surface area (Å²) in [7, 11) is 0. The van der Waals surface area contributed by atoms with Crippen LogP contribution in [0.25, 0.3) is 0 Å². The van der Waals surface area contributed by atoms with Crippen molar-refractivity contribution < 1.29 is 4.79 Å². The largest absolute Gasteiger partial charge is 0.336 e. The van der Waals surface area contributed by atoms with Gasteiger partial charge in [0.2, 0.25) is 0 Å². The van der Waals surface area contributed by atoms with Gasteiger partial charge in [-0.2, -0.15) is 0 Å². The summed E-state index contributed by atoms with van der Waals surface area (Å²) in [6.45, 7) is 7.00. The number of rotatable bonds is 5. The Bertz CT molecular complexity index is 458. The second-order valence-electron chi connectivity index (χ2n) is 5.67. The lowest BCUT2D eigenvalue weighted by atomic mass is 10.1. The number of hydrogen-bond donors (Lipinski definition) is 3. The number of nitrogens with two attached hydrogens (primary N) is 1. The maximum absolute atomic E-state index is 11.9. The molecule has 116 valence electrons. The summed E-state index contributed by atoms with van der Waals surface area (Å²) in [5, 5.41) is 5.81. The smallest absolute Gasteiger partial charge is 0.319 e. The van der Waals surface area contributed by atoms with Crippen molar-refractivity contribution in [1.29, 1.82) is 0 Å². The summed E-state index contributed by atoms with van der Waals surface area (Å²) < 4.78 is 0. The predicted octanol–water partition coefficient (Wildman–Crippen LogP) is 2.31. The molecule has 5 heteroatoms. The zero-order chi connectivity index (χ0) is 15.2. The highest BCUT2D eigenvalue weighted by Crippen LogP contribution is 2.16. The molecule has 0 bridgehead atoms. The molecule has 1 aliphatic heterocycles. The van der Waals surface area contributed by atoms with Crippen molar-refractivity contribution in [2.75, 3.05) is 25.0 Å². The first kappa shape index (κ1) is 15.8. The molecule has 1 heterocycles. The van der Waals surface area contributed by atoms with Gasteiger partial charge in [0.15, 0.2) is 0 Å². The van der Waals surface area contributed by atoms with E-state index < -0.39 is 0 Å².